The molecule has 3 rings (SSSR count). The predicted octanol–water partition coefficient (Wildman–Crippen LogP) is 4.64. The van der Waals surface area contributed by atoms with E-state index in [1.54, 1.807) is 11.3 Å². The lowest BCUT2D eigenvalue weighted by atomic mass is 9.80. The molecule has 1 heterocycles. The normalized spacial score (nSPS) is 17.6. The van der Waals surface area contributed by atoms with E-state index in [9.17, 15) is 9.90 Å². The van der Waals surface area contributed by atoms with E-state index in [0.717, 1.165) is 47.1 Å². The number of hydrogen-bond donors (Lipinski definition) is 1. The Morgan fingerprint density at radius 2 is 2.15 bits per heavy atom. The largest absolute Gasteiger partial charge is 0.481 e. The number of aromatic nitrogens is 1. The van der Waals surface area contributed by atoms with Gasteiger partial charge in [0, 0.05) is 10.9 Å². The molecule has 1 saturated carbocycles. The molecular formula is C15H16BrNO2S. The van der Waals surface area contributed by atoms with Crippen molar-refractivity contribution in [2.75, 3.05) is 0 Å². The average Bonchev–Trinajstić information content (AvgIpc) is 2.94. The number of aliphatic carboxylic acids is 1. The molecule has 1 N–H and O–H groups in total. The molecule has 0 amide bonds. The first-order valence-corrected chi connectivity index (χ1v) is 8.44. The van der Waals surface area contributed by atoms with Crippen molar-refractivity contribution in [3.63, 3.8) is 0 Å². The number of benzene rings is 1. The highest BCUT2D eigenvalue weighted by atomic mass is 79.9. The van der Waals surface area contributed by atoms with Gasteiger partial charge in [0.1, 0.15) is 0 Å². The minimum absolute atomic E-state index is 0.0725. The molecule has 0 atom stereocenters. The van der Waals surface area contributed by atoms with Crippen LogP contribution in [0.15, 0.2) is 22.7 Å². The smallest absolute Gasteiger partial charge is 0.303 e. The molecule has 1 aromatic carbocycles. The third kappa shape index (κ3) is 2.88. The molecule has 0 radical (unpaired) electrons. The summed E-state index contributed by atoms with van der Waals surface area (Å²) in [6.07, 6.45) is 5.38. The number of carbonyl (C=O) groups is 1. The zero-order valence-electron chi connectivity index (χ0n) is 11.1. The van der Waals surface area contributed by atoms with Gasteiger partial charge < -0.3 is 5.11 Å². The number of halogens is 1. The second-order valence-electron chi connectivity index (χ2n) is 5.67. The van der Waals surface area contributed by atoms with Crippen LogP contribution < -0.4 is 0 Å². The Labute approximate surface area is 130 Å². The molecule has 20 heavy (non-hydrogen) atoms. The molecule has 0 saturated heterocycles. The SMILES string of the molecule is O=C(O)CC1(Cc2nc3cc(Br)ccc3s2)CCCC1. The van der Waals surface area contributed by atoms with Gasteiger partial charge in [-0.05, 0) is 36.5 Å². The summed E-state index contributed by atoms with van der Waals surface area (Å²) in [4.78, 5) is 15.8. The summed E-state index contributed by atoms with van der Waals surface area (Å²) in [7, 11) is 0. The van der Waals surface area contributed by atoms with Crippen LogP contribution >= 0.6 is 27.3 Å². The van der Waals surface area contributed by atoms with Gasteiger partial charge in [0.05, 0.1) is 21.6 Å². The Balaban J connectivity index is 1.88. The number of carboxylic acids is 1. The number of carboxylic acid groups (broad SMARTS) is 1. The van der Waals surface area contributed by atoms with Crippen molar-refractivity contribution in [2.24, 2.45) is 5.41 Å². The summed E-state index contributed by atoms with van der Waals surface area (Å²) in [6, 6.07) is 6.11. The average molecular weight is 354 g/mol. The van der Waals surface area contributed by atoms with Crippen LogP contribution in [0, 0.1) is 5.41 Å². The Kier molecular flexibility index (Phi) is 3.82. The van der Waals surface area contributed by atoms with E-state index in [2.05, 4.69) is 27.0 Å². The fraction of sp³-hybridized carbons (Fsp3) is 0.467. The van der Waals surface area contributed by atoms with Crippen LogP contribution in [-0.2, 0) is 11.2 Å². The van der Waals surface area contributed by atoms with Crippen LogP contribution in [0.3, 0.4) is 0 Å². The van der Waals surface area contributed by atoms with Gasteiger partial charge in [-0.1, -0.05) is 28.8 Å². The summed E-state index contributed by atoms with van der Waals surface area (Å²) >= 11 is 5.15. The maximum Gasteiger partial charge on any atom is 0.303 e. The zero-order valence-corrected chi connectivity index (χ0v) is 13.5. The highest BCUT2D eigenvalue weighted by molar-refractivity contribution is 9.10. The highest BCUT2D eigenvalue weighted by Crippen LogP contribution is 2.44. The number of nitrogens with zero attached hydrogens (tertiary/aromatic N) is 1. The van der Waals surface area contributed by atoms with Crippen molar-refractivity contribution in [3.05, 3.63) is 27.7 Å². The van der Waals surface area contributed by atoms with Crippen molar-refractivity contribution in [3.8, 4) is 0 Å². The lowest BCUT2D eigenvalue weighted by molar-refractivity contribution is -0.139. The maximum atomic E-state index is 11.1. The second-order valence-corrected chi connectivity index (χ2v) is 7.70. The van der Waals surface area contributed by atoms with Crippen molar-refractivity contribution < 1.29 is 9.90 Å². The molecular weight excluding hydrogens is 338 g/mol. The molecule has 0 unspecified atom stereocenters. The van der Waals surface area contributed by atoms with Crippen molar-refractivity contribution in [1.29, 1.82) is 0 Å². The number of fused-ring (bicyclic) bond motifs is 1. The van der Waals surface area contributed by atoms with Crippen LogP contribution in [0.25, 0.3) is 10.2 Å². The minimum Gasteiger partial charge on any atom is -0.481 e. The van der Waals surface area contributed by atoms with Gasteiger partial charge in [0.25, 0.3) is 0 Å². The quantitative estimate of drug-likeness (QED) is 0.870. The molecule has 1 aromatic heterocycles. The van der Waals surface area contributed by atoms with Crippen LogP contribution in [0.2, 0.25) is 0 Å². The maximum absolute atomic E-state index is 11.1. The van der Waals surface area contributed by atoms with Crippen molar-refractivity contribution in [1.82, 2.24) is 4.98 Å². The zero-order chi connectivity index (χ0) is 14.2. The Morgan fingerprint density at radius 3 is 2.85 bits per heavy atom. The molecule has 1 aliphatic carbocycles. The van der Waals surface area contributed by atoms with Gasteiger partial charge in [-0.25, -0.2) is 4.98 Å². The van der Waals surface area contributed by atoms with Gasteiger partial charge in [0.15, 0.2) is 0 Å². The summed E-state index contributed by atoms with van der Waals surface area (Å²) in [5.74, 6) is -0.684. The molecule has 0 bridgehead atoms. The lowest BCUT2D eigenvalue weighted by Crippen LogP contribution is -2.23. The third-order valence-electron chi connectivity index (χ3n) is 4.11. The summed E-state index contributed by atoms with van der Waals surface area (Å²) in [5, 5.41) is 10.2. The highest BCUT2D eigenvalue weighted by Gasteiger charge is 2.37. The standard InChI is InChI=1S/C15H16BrNO2S/c16-10-3-4-12-11(7-10)17-13(20-12)8-15(9-14(18)19)5-1-2-6-15/h3-4,7H,1-2,5-6,8-9H2,(H,18,19). The molecule has 1 aliphatic rings. The number of hydrogen-bond acceptors (Lipinski definition) is 3. The summed E-state index contributed by atoms with van der Waals surface area (Å²) in [6.45, 7) is 0. The number of rotatable bonds is 4. The molecule has 0 spiro atoms. The molecule has 5 heteroatoms. The molecule has 0 aliphatic heterocycles. The van der Waals surface area contributed by atoms with E-state index in [4.69, 9.17) is 0 Å². The van der Waals surface area contributed by atoms with E-state index in [1.165, 1.54) is 4.70 Å². The first kappa shape index (κ1) is 14.0. The van der Waals surface area contributed by atoms with Crippen molar-refractivity contribution >= 4 is 43.5 Å². The van der Waals surface area contributed by atoms with Gasteiger partial charge in [0.2, 0.25) is 0 Å². The molecule has 2 aromatic rings. The van der Waals surface area contributed by atoms with Gasteiger partial charge in [-0.3, -0.25) is 4.79 Å². The van der Waals surface area contributed by atoms with Gasteiger partial charge >= 0.3 is 5.97 Å². The number of thiazole rings is 1. The van der Waals surface area contributed by atoms with Crippen LogP contribution in [-0.4, -0.2) is 16.1 Å². The topological polar surface area (TPSA) is 50.2 Å². The predicted molar refractivity (Wildman–Crippen MR) is 84.2 cm³/mol. The molecule has 1 fully saturated rings. The Hall–Kier alpha value is -0.940. The van der Waals surface area contributed by atoms with E-state index >= 15 is 0 Å². The summed E-state index contributed by atoms with van der Waals surface area (Å²) in [5.41, 5.74) is 0.930. The third-order valence-corrected chi connectivity index (χ3v) is 5.64. The minimum atomic E-state index is -0.684. The fourth-order valence-corrected chi connectivity index (χ4v) is 4.68. The van der Waals surface area contributed by atoms with Gasteiger partial charge in [-0.15, -0.1) is 11.3 Å². The Bertz CT molecular complexity index is 646. The van der Waals surface area contributed by atoms with E-state index in [1.807, 2.05) is 12.1 Å². The second kappa shape index (κ2) is 5.45. The van der Waals surface area contributed by atoms with Crippen LogP contribution in [0.5, 0.6) is 0 Å². The lowest BCUT2D eigenvalue weighted by Gasteiger charge is -2.25. The summed E-state index contributed by atoms with van der Waals surface area (Å²) < 4.78 is 2.20. The van der Waals surface area contributed by atoms with Crippen LogP contribution in [0.4, 0.5) is 0 Å². The monoisotopic (exact) mass is 353 g/mol. The molecule has 3 nitrogen and oxygen atoms in total. The molecule has 106 valence electrons. The van der Waals surface area contributed by atoms with E-state index in [-0.39, 0.29) is 11.8 Å². The Morgan fingerprint density at radius 1 is 1.40 bits per heavy atom. The van der Waals surface area contributed by atoms with E-state index < -0.39 is 5.97 Å². The fourth-order valence-electron chi connectivity index (χ4n) is 3.21. The van der Waals surface area contributed by atoms with Crippen LogP contribution in [0.1, 0.15) is 37.1 Å². The first-order valence-electron chi connectivity index (χ1n) is 6.83. The first-order chi connectivity index (χ1) is 9.56. The van der Waals surface area contributed by atoms with Crippen molar-refractivity contribution in [2.45, 2.75) is 38.5 Å². The van der Waals surface area contributed by atoms with E-state index in [0.29, 0.717) is 0 Å². The van der Waals surface area contributed by atoms with Gasteiger partial charge in [-0.2, -0.15) is 0 Å².